The molecular formula is C23H30N2O4S. The van der Waals surface area contributed by atoms with Crippen molar-refractivity contribution in [3.63, 3.8) is 0 Å². The average molecular weight is 431 g/mol. The number of hydrogen-bond acceptors (Lipinski definition) is 4. The molecule has 0 saturated carbocycles. The summed E-state index contributed by atoms with van der Waals surface area (Å²) in [5.41, 5.74) is 2.74. The molecule has 2 aromatic carbocycles. The number of ether oxygens (including phenoxy) is 1. The fourth-order valence-corrected chi connectivity index (χ4v) is 4.90. The first-order valence-electron chi connectivity index (χ1n) is 10.3. The molecule has 0 bridgehead atoms. The van der Waals surface area contributed by atoms with Crippen molar-refractivity contribution in [1.29, 1.82) is 0 Å². The van der Waals surface area contributed by atoms with Crippen LogP contribution < -0.4 is 5.32 Å². The Morgan fingerprint density at radius 2 is 1.60 bits per heavy atom. The van der Waals surface area contributed by atoms with Crippen molar-refractivity contribution in [1.82, 2.24) is 9.62 Å². The summed E-state index contributed by atoms with van der Waals surface area (Å²) in [6.45, 7) is 7.80. The van der Waals surface area contributed by atoms with Crippen molar-refractivity contribution < 1.29 is 17.9 Å². The lowest BCUT2D eigenvalue weighted by atomic mass is 10.00. The highest BCUT2D eigenvalue weighted by Crippen LogP contribution is 2.19. The second kappa shape index (κ2) is 9.73. The summed E-state index contributed by atoms with van der Waals surface area (Å²) < 4.78 is 32.0. The minimum atomic E-state index is -3.56. The normalized spacial score (nSPS) is 16.4. The first-order valence-corrected chi connectivity index (χ1v) is 11.8. The Morgan fingerprint density at radius 3 is 2.17 bits per heavy atom. The summed E-state index contributed by atoms with van der Waals surface area (Å²) in [6.07, 6.45) is 1.03. The number of morpholine rings is 1. The highest BCUT2D eigenvalue weighted by Gasteiger charge is 2.26. The van der Waals surface area contributed by atoms with Gasteiger partial charge >= 0.3 is 0 Å². The van der Waals surface area contributed by atoms with Crippen molar-refractivity contribution in [2.45, 2.75) is 38.1 Å². The molecule has 1 heterocycles. The van der Waals surface area contributed by atoms with Crippen LogP contribution in [0.5, 0.6) is 0 Å². The number of nitrogens with zero attached hydrogens (tertiary/aromatic N) is 1. The van der Waals surface area contributed by atoms with Crippen LogP contribution >= 0.6 is 0 Å². The van der Waals surface area contributed by atoms with Crippen LogP contribution in [0.15, 0.2) is 53.4 Å². The average Bonchev–Trinajstić information content (AvgIpc) is 2.74. The Labute approximate surface area is 179 Å². The van der Waals surface area contributed by atoms with Crippen LogP contribution in [0.25, 0.3) is 0 Å². The molecule has 1 saturated heterocycles. The van der Waals surface area contributed by atoms with Crippen molar-refractivity contribution in [2.24, 2.45) is 5.92 Å². The molecule has 162 valence electrons. The van der Waals surface area contributed by atoms with Gasteiger partial charge in [-0.3, -0.25) is 4.79 Å². The molecule has 1 atom stereocenters. The molecular weight excluding hydrogens is 400 g/mol. The van der Waals surface area contributed by atoms with Crippen LogP contribution in [0, 0.1) is 5.92 Å². The third-order valence-corrected chi connectivity index (χ3v) is 7.11. The van der Waals surface area contributed by atoms with E-state index in [1.54, 1.807) is 12.1 Å². The van der Waals surface area contributed by atoms with Crippen LogP contribution in [0.1, 0.15) is 48.3 Å². The largest absolute Gasteiger partial charge is 0.379 e. The Kier molecular flexibility index (Phi) is 7.28. The zero-order chi connectivity index (χ0) is 21.7. The van der Waals surface area contributed by atoms with Crippen LogP contribution in [0.2, 0.25) is 0 Å². The maximum Gasteiger partial charge on any atom is 0.251 e. The summed E-state index contributed by atoms with van der Waals surface area (Å²) in [7, 11) is -3.56. The van der Waals surface area contributed by atoms with Gasteiger partial charge in [0.2, 0.25) is 10.0 Å². The quantitative estimate of drug-likeness (QED) is 0.731. The number of rotatable bonds is 7. The van der Waals surface area contributed by atoms with Crippen molar-refractivity contribution in [3.8, 4) is 0 Å². The SMILES string of the molecule is CC(C)Cc1ccc(C(C)NC(=O)c2ccc(S(=O)(=O)N3CCOCC3)cc2)cc1. The molecule has 1 aliphatic heterocycles. The van der Waals surface area contributed by atoms with E-state index in [-0.39, 0.29) is 16.8 Å². The minimum Gasteiger partial charge on any atom is -0.379 e. The Hall–Kier alpha value is -2.22. The summed E-state index contributed by atoms with van der Waals surface area (Å²) >= 11 is 0. The molecule has 1 aliphatic rings. The van der Waals surface area contributed by atoms with E-state index in [2.05, 4.69) is 31.3 Å². The molecule has 1 unspecified atom stereocenters. The molecule has 0 aromatic heterocycles. The van der Waals surface area contributed by atoms with E-state index in [9.17, 15) is 13.2 Å². The van der Waals surface area contributed by atoms with Crippen LogP contribution in [0.3, 0.4) is 0 Å². The predicted octanol–water partition coefficient (Wildman–Crippen LogP) is 3.40. The lowest BCUT2D eigenvalue weighted by molar-refractivity contribution is 0.0730. The van der Waals surface area contributed by atoms with Gasteiger partial charge in [-0.05, 0) is 54.7 Å². The van der Waals surface area contributed by atoms with Gasteiger partial charge in [0.05, 0.1) is 24.2 Å². The van der Waals surface area contributed by atoms with Crippen LogP contribution in [-0.2, 0) is 21.2 Å². The summed E-state index contributed by atoms with van der Waals surface area (Å²) in [6, 6.07) is 14.2. The number of amides is 1. The maximum absolute atomic E-state index is 12.7. The number of hydrogen-bond donors (Lipinski definition) is 1. The molecule has 30 heavy (non-hydrogen) atoms. The van der Waals surface area contributed by atoms with Gasteiger partial charge in [0.25, 0.3) is 5.91 Å². The molecule has 7 heteroatoms. The van der Waals surface area contributed by atoms with Gasteiger partial charge in [0.15, 0.2) is 0 Å². The Bertz CT molecular complexity index is 948. The van der Waals surface area contributed by atoms with Crippen LogP contribution in [-0.4, -0.2) is 44.9 Å². The third-order valence-electron chi connectivity index (χ3n) is 5.20. The fourth-order valence-electron chi connectivity index (χ4n) is 3.49. The summed E-state index contributed by atoms with van der Waals surface area (Å²) in [4.78, 5) is 12.8. The van der Waals surface area contributed by atoms with E-state index in [0.29, 0.717) is 37.8 Å². The molecule has 0 aliphatic carbocycles. The zero-order valence-electron chi connectivity index (χ0n) is 17.8. The molecule has 2 aromatic rings. The standard InChI is InChI=1S/C23H30N2O4S/c1-17(2)16-19-4-6-20(7-5-19)18(3)24-23(26)21-8-10-22(11-9-21)30(27,28)25-12-14-29-15-13-25/h4-11,17-18H,12-16H2,1-3H3,(H,24,26). The van der Waals surface area contributed by atoms with E-state index < -0.39 is 10.0 Å². The lowest BCUT2D eigenvalue weighted by Gasteiger charge is -2.26. The Morgan fingerprint density at radius 1 is 1.00 bits per heavy atom. The van der Waals surface area contributed by atoms with Gasteiger partial charge in [-0.1, -0.05) is 38.1 Å². The molecule has 0 spiro atoms. The number of sulfonamides is 1. The highest BCUT2D eigenvalue weighted by molar-refractivity contribution is 7.89. The number of benzene rings is 2. The number of nitrogens with one attached hydrogen (secondary N) is 1. The maximum atomic E-state index is 12.7. The molecule has 0 radical (unpaired) electrons. The van der Waals surface area contributed by atoms with E-state index in [1.807, 2.05) is 19.1 Å². The van der Waals surface area contributed by atoms with Crippen molar-refractivity contribution >= 4 is 15.9 Å². The second-order valence-electron chi connectivity index (χ2n) is 8.08. The van der Waals surface area contributed by atoms with Crippen LogP contribution in [0.4, 0.5) is 0 Å². The fraction of sp³-hybridized carbons (Fsp3) is 0.435. The van der Waals surface area contributed by atoms with E-state index in [1.165, 1.54) is 22.0 Å². The van der Waals surface area contributed by atoms with Gasteiger partial charge in [-0.2, -0.15) is 4.31 Å². The summed E-state index contributed by atoms with van der Waals surface area (Å²) in [5.74, 6) is 0.368. The minimum absolute atomic E-state index is 0.151. The number of carbonyl (C=O) groups is 1. The molecule has 1 fully saturated rings. The van der Waals surface area contributed by atoms with E-state index in [4.69, 9.17) is 4.74 Å². The molecule has 1 N–H and O–H groups in total. The predicted molar refractivity (Wildman–Crippen MR) is 117 cm³/mol. The topological polar surface area (TPSA) is 75.7 Å². The summed E-state index contributed by atoms with van der Waals surface area (Å²) in [5, 5.41) is 2.98. The second-order valence-corrected chi connectivity index (χ2v) is 10.0. The molecule has 3 rings (SSSR count). The van der Waals surface area contributed by atoms with Gasteiger partial charge in [0.1, 0.15) is 0 Å². The monoisotopic (exact) mass is 430 g/mol. The third kappa shape index (κ3) is 5.47. The van der Waals surface area contributed by atoms with Crippen molar-refractivity contribution in [2.75, 3.05) is 26.3 Å². The van der Waals surface area contributed by atoms with Gasteiger partial charge < -0.3 is 10.1 Å². The molecule has 6 nitrogen and oxygen atoms in total. The van der Waals surface area contributed by atoms with Gasteiger partial charge in [0, 0.05) is 18.7 Å². The van der Waals surface area contributed by atoms with E-state index in [0.717, 1.165) is 12.0 Å². The Balaban J connectivity index is 1.64. The molecule has 1 amide bonds. The van der Waals surface area contributed by atoms with Gasteiger partial charge in [-0.25, -0.2) is 8.42 Å². The lowest BCUT2D eigenvalue weighted by Crippen LogP contribution is -2.40. The van der Waals surface area contributed by atoms with Gasteiger partial charge in [-0.15, -0.1) is 0 Å². The smallest absolute Gasteiger partial charge is 0.251 e. The number of carbonyl (C=O) groups excluding carboxylic acids is 1. The first kappa shape index (κ1) is 22.5. The zero-order valence-corrected chi connectivity index (χ0v) is 18.6. The van der Waals surface area contributed by atoms with E-state index >= 15 is 0 Å². The first-order chi connectivity index (χ1) is 14.3. The highest BCUT2D eigenvalue weighted by atomic mass is 32.2. The van der Waals surface area contributed by atoms with Crippen molar-refractivity contribution in [3.05, 3.63) is 65.2 Å².